The van der Waals surface area contributed by atoms with Crippen LogP contribution in [0.25, 0.3) is 0 Å². The van der Waals surface area contributed by atoms with Crippen molar-refractivity contribution in [3.63, 3.8) is 0 Å². The zero-order valence-corrected chi connectivity index (χ0v) is 11.6. The van der Waals surface area contributed by atoms with E-state index in [2.05, 4.69) is 4.98 Å². The molecule has 0 aliphatic rings. The second kappa shape index (κ2) is 5.40. The van der Waals surface area contributed by atoms with Crippen LogP contribution in [0.1, 0.15) is 11.1 Å². The van der Waals surface area contributed by atoms with Gasteiger partial charge in [0.15, 0.2) is 9.84 Å². The summed E-state index contributed by atoms with van der Waals surface area (Å²) in [5, 5.41) is 0. The van der Waals surface area contributed by atoms with E-state index in [1.165, 1.54) is 7.11 Å². The minimum Gasteiger partial charge on any atom is -0.495 e. The van der Waals surface area contributed by atoms with Gasteiger partial charge < -0.3 is 4.74 Å². The molecule has 2 aromatic rings. The number of methoxy groups -OCH3 is 1. The Balaban J connectivity index is 2.40. The van der Waals surface area contributed by atoms with Crippen LogP contribution in [-0.2, 0) is 15.6 Å². The first kappa shape index (κ1) is 13.5. The van der Waals surface area contributed by atoms with Crippen molar-refractivity contribution in [3.05, 3.63) is 53.9 Å². The summed E-state index contributed by atoms with van der Waals surface area (Å²) in [7, 11) is -1.97. The zero-order valence-electron chi connectivity index (χ0n) is 10.8. The van der Waals surface area contributed by atoms with Gasteiger partial charge in [-0.25, -0.2) is 8.42 Å². The van der Waals surface area contributed by atoms with Gasteiger partial charge in [0.05, 0.1) is 12.9 Å². The molecule has 0 saturated carbocycles. The fourth-order valence-electron chi connectivity index (χ4n) is 1.81. The third-order valence-electron chi connectivity index (χ3n) is 2.73. The molecule has 0 N–H and O–H groups in total. The van der Waals surface area contributed by atoms with E-state index in [0.29, 0.717) is 11.3 Å². The summed E-state index contributed by atoms with van der Waals surface area (Å²) in [6, 6.07) is 8.52. The van der Waals surface area contributed by atoms with Crippen molar-refractivity contribution in [2.45, 2.75) is 17.6 Å². The van der Waals surface area contributed by atoms with Gasteiger partial charge in [0.25, 0.3) is 0 Å². The third kappa shape index (κ3) is 3.12. The van der Waals surface area contributed by atoms with E-state index in [9.17, 15) is 8.42 Å². The Morgan fingerprint density at radius 1 is 1.26 bits per heavy atom. The van der Waals surface area contributed by atoms with E-state index in [1.54, 1.807) is 42.7 Å². The van der Waals surface area contributed by atoms with Crippen LogP contribution in [0.2, 0.25) is 0 Å². The Morgan fingerprint density at radius 3 is 2.68 bits per heavy atom. The summed E-state index contributed by atoms with van der Waals surface area (Å²) >= 11 is 0. The van der Waals surface area contributed by atoms with Gasteiger partial charge in [-0.3, -0.25) is 4.98 Å². The Labute approximate surface area is 113 Å². The molecule has 0 amide bonds. The van der Waals surface area contributed by atoms with Crippen molar-refractivity contribution in [3.8, 4) is 5.75 Å². The molecule has 0 spiro atoms. The first-order valence-corrected chi connectivity index (χ1v) is 7.44. The highest BCUT2D eigenvalue weighted by Gasteiger charge is 2.20. The molecule has 0 unspecified atom stereocenters. The third-order valence-corrected chi connectivity index (χ3v) is 4.45. The second-order valence-corrected chi connectivity index (χ2v) is 6.23. The lowest BCUT2D eigenvalue weighted by Crippen LogP contribution is -2.07. The van der Waals surface area contributed by atoms with Crippen LogP contribution in [0.3, 0.4) is 0 Å². The lowest BCUT2D eigenvalue weighted by molar-refractivity contribution is 0.402. The Kier molecular flexibility index (Phi) is 3.85. The number of pyridine rings is 1. The fraction of sp³-hybridized carbons (Fsp3) is 0.214. The molecule has 1 aromatic carbocycles. The quantitative estimate of drug-likeness (QED) is 0.861. The van der Waals surface area contributed by atoms with E-state index in [-0.39, 0.29) is 10.6 Å². The van der Waals surface area contributed by atoms with E-state index >= 15 is 0 Å². The van der Waals surface area contributed by atoms with Gasteiger partial charge in [0, 0.05) is 12.4 Å². The number of rotatable bonds is 4. The van der Waals surface area contributed by atoms with Gasteiger partial charge in [-0.05, 0) is 36.2 Å². The molecule has 0 radical (unpaired) electrons. The van der Waals surface area contributed by atoms with Crippen LogP contribution < -0.4 is 4.74 Å². The van der Waals surface area contributed by atoms with Crippen molar-refractivity contribution < 1.29 is 13.2 Å². The molecule has 2 rings (SSSR count). The van der Waals surface area contributed by atoms with Crippen LogP contribution in [0.15, 0.2) is 47.6 Å². The van der Waals surface area contributed by atoms with Crippen molar-refractivity contribution in [2.75, 3.05) is 7.11 Å². The second-order valence-electron chi connectivity index (χ2n) is 4.27. The number of aryl methyl sites for hydroxylation is 1. The van der Waals surface area contributed by atoms with Gasteiger partial charge in [-0.15, -0.1) is 0 Å². The number of hydrogen-bond acceptors (Lipinski definition) is 4. The number of ether oxygens (including phenoxy) is 1. The highest BCUT2D eigenvalue weighted by molar-refractivity contribution is 7.90. The molecule has 4 nitrogen and oxygen atoms in total. The summed E-state index contributed by atoms with van der Waals surface area (Å²) in [5.74, 6) is 0.296. The minimum absolute atomic E-state index is 0.0831. The van der Waals surface area contributed by atoms with Gasteiger partial charge in [0.2, 0.25) is 0 Å². The van der Waals surface area contributed by atoms with Crippen LogP contribution in [0.4, 0.5) is 0 Å². The highest BCUT2D eigenvalue weighted by atomic mass is 32.2. The topological polar surface area (TPSA) is 56.3 Å². The molecule has 100 valence electrons. The smallest absolute Gasteiger partial charge is 0.186 e. The van der Waals surface area contributed by atoms with Gasteiger partial charge >= 0.3 is 0 Å². The van der Waals surface area contributed by atoms with Gasteiger partial charge in [-0.1, -0.05) is 12.1 Å². The number of aromatic nitrogens is 1. The first-order valence-electron chi connectivity index (χ1n) is 5.79. The van der Waals surface area contributed by atoms with Gasteiger partial charge in [-0.2, -0.15) is 0 Å². The normalized spacial score (nSPS) is 11.3. The standard InChI is InChI=1S/C14H15NO3S/c1-11-5-6-14(13(8-11)18-2)19(16,17)10-12-4-3-7-15-9-12/h3-9H,10H2,1-2H3. The van der Waals surface area contributed by atoms with Crippen molar-refractivity contribution >= 4 is 9.84 Å². The summed E-state index contributed by atoms with van der Waals surface area (Å²) in [4.78, 5) is 4.14. The lowest BCUT2D eigenvalue weighted by atomic mass is 10.2. The summed E-state index contributed by atoms with van der Waals surface area (Å²) < 4.78 is 29.9. The largest absolute Gasteiger partial charge is 0.495 e. The van der Waals surface area contributed by atoms with Crippen molar-refractivity contribution in [1.82, 2.24) is 4.98 Å². The Hall–Kier alpha value is -1.88. The molecule has 0 aliphatic heterocycles. The number of benzene rings is 1. The number of hydrogen-bond donors (Lipinski definition) is 0. The molecule has 1 aromatic heterocycles. The molecule has 0 saturated heterocycles. The monoisotopic (exact) mass is 277 g/mol. The number of nitrogens with zero attached hydrogens (tertiary/aromatic N) is 1. The van der Waals surface area contributed by atoms with E-state index < -0.39 is 9.84 Å². The summed E-state index contributed by atoms with van der Waals surface area (Å²) in [6.45, 7) is 1.89. The van der Waals surface area contributed by atoms with Crippen molar-refractivity contribution in [1.29, 1.82) is 0 Å². The molecular weight excluding hydrogens is 262 g/mol. The number of sulfone groups is 1. The van der Waals surface area contributed by atoms with E-state index in [1.807, 2.05) is 6.92 Å². The maximum atomic E-state index is 12.4. The predicted molar refractivity (Wildman–Crippen MR) is 72.9 cm³/mol. The Morgan fingerprint density at radius 2 is 2.05 bits per heavy atom. The molecule has 5 heteroatoms. The molecule has 0 atom stereocenters. The predicted octanol–water partition coefficient (Wildman–Crippen LogP) is 2.37. The molecule has 19 heavy (non-hydrogen) atoms. The molecule has 1 heterocycles. The minimum atomic E-state index is -3.44. The summed E-state index contributed by atoms with van der Waals surface area (Å²) in [5.41, 5.74) is 1.61. The maximum Gasteiger partial charge on any atom is 0.186 e. The van der Waals surface area contributed by atoms with Gasteiger partial charge in [0.1, 0.15) is 10.6 Å². The van der Waals surface area contributed by atoms with E-state index in [0.717, 1.165) is 5.56 Å². The molecular formula is C14H15NO3S. The van der Waals surface area contributed by atoms with Crippen LogP contribution in [0.5, 0.6) is 5.75 Å². The van der Waals surface area contributed by atoms with Crippen molar-refractivity contribution in [2.24, 2.45) is 0 Å². The molecule has 0 aliphatic carbocycles. The first-order chi connectivity index (χ1) is 9.03. The maximum absolute atomic E-state index is 12.4. The summed E-state index contributed by atoms with van der Waals surface area (Å²) in [6.07, 6.45) is 3.17. The SMILES string of the molecule is COc1cc(C)ccc1S(=O)(=O)Cc1cccnc1. The highest BCUT2D eigenvalue weighted by Crippen LogP contribution is 2.27. The van der Waals surface area contributed by atoms with Crippen LogP contribution in [0, 0.1) is 6.92 Å². The zero-order chi connectivity index (χ0) is 13.9. The van der Waals surface area contributed by atoms with E-state index in [4.69, 9.17) is 4.74 Å². The molecule has 0 fully saturated rings. The van der Waals surface area contributed by atoms with Crippen LogP contribution >= 0.6 is 0 Å². The lowest BCUT2D eigenvalue weighted by Gasteiger charge is -2.10. The Bertz CT molecular complexity index is 666. The average Bonchev–Trinajstić information content (AvgIpc) is 2.38. The molecule has 0 bridgehead atoms. The average molecular weight is 277 g/mol. The van der Waals surface area contributed by atoms with Crippen LogP contribution in [-0.4, -0.2) is 20.5 Å². The fourth-order valence-corrected chi connectivity index (χ4v) is 3.30.